The maximum absolute atomic E-state index is 12.7. The predicted octanol–water partition coefficient (Wildman–Crippen LogP) is 3.75. The number of hydrogen-bond acceptors (Lipinski definition) is 5. The second kappa shape index (κ2) is 8.07. The van der Waals surface area contributed by atoms with E-state index in [1.54, 1.807) is 35.9 Å². The molecule has 0 aliphatic carbocycles. The van der Waals surface area contributed by atoms with Gasteiger partial charge in [0.15, 0.2) is 11.5 Å². The third kappa shape index (κ3) is 3.96. The zero-order valence-corrected chi connectivity index (χ0v) is 14.9. The average Bonchev–Trinajstić information content (AvgIpc) is 3.20. The molecular weight excluding hydrogens is 336 g/mol. The van der Waals surface area contributed by atoms with Crippen molar-refractivity contribution in [2.24, 2.45) is 4.99 Å². The standard InChI is InChI=1S/C19H20N2O3S/c1-20-16-11-18(24-12-14-6-4-3-5-7-14)17(23-2)10-15(16)19(22)21-8-9-25-13-21/h3-7,10-11H,1,8-9,12-13H2,2H3. The second-order valence-electron chi connectivity index (χ2n) is 5.56. The molecule has 0 N–H and O–H groups in total. The van der Waals surface area contributed by atoms with Gasteiger partial charge in [-0.3, -0.25) is 9.79 Å². The second-order valence-corrected chi connectivity index (χ2v) is 6.63. The Morgan fingerprint density at radius 1 is 1.28 bits per heavy atom. The van der Waals surface area contributed by atoms with Gasteiger partial charge in [0.2, 0.25) is 0 Å². The van der Waals surface area contributed by atoms with Crippen molar-refractivity contribution in [1.29, 1.82) is 0 Å². The maximum Gasteiger partial charge on any atom is 0.256 e. The van der Waals surface area contributed by atoms with Crippen molar-refractivity contribution >= 4 is 30.1 Å². The van der Waals surface area contributed by atoms with Gasteiger partial charge in [0.1, 0.15) is 6.61 Å². The number of hydrogen-bond donors (Lipinski definition) is 0. The highest BCUT2D eigenvalue weighted by Crippen LogP contribution is 2.36. The zero-order valence-electron chi connectivity index (χ0n) is 14.1. The monoisotopic (exact) mass is 356 g/mol. The molecule has 0 aromatic heterocycles. The Kier molecular flexibility index (Phi) is 5.60. The molecule has 0 bridgehead atoms. The summed E-state index contributed by atoms with van der Waals surface area (Å²) in [6.45, 7) is 4.74. The highest BCUT2D eigenvalue weighted by Gasteiger charge is 2.24. The molecule has 0 atom stereocenters. The SMILES string of the molecule is C=Nc1cc(OCc2ccccc2)c(OC)cc1C(=O)N1CCSC1. The van der Waals surface area contributed by atoms with Crippen molar-refractivity contribution in [2.75, 3.05) is 25.3 Å². The summed E-state index contributed by atoms with van der Waals surface area (Å²) in [6.07, 6.45) is 0. The molecule has 130 valence electrons. The van der Waals surface area contributed by atoms with E-state index < -0.39 is 0 Å². The van der Waals surface area contributed by atoms with Crippen LogP contribution in [0.5, 0.6) is 11.5 Å². The Bertz CT molecular complexity index is 759. The van der Waals surface area contributed by atoms with E-state index in [1.165, 1.54) is 0 Å². The van der Waals surface area contributed by atoms with Gasteiger partial charge in [0.05, 0.1) is 24.2 Å². The van der Waals surface area contributed by atoms with Gasteiger partial charge in [-0.25, -0.2) is 0 Å². The van der Waals surface area contributed by atoms with Crippen LogP contribution in [0.2, 0.25) is 0 Å². The summed E-state index contributed by atoms with van der Waals surface area (Å²) in [5.41, 5.74) is 2.04. The van der Waals surface area contributed by atoms with E-state index in [4.69, 9.17) is 9.47 Å². The number of benzene rings is 2. The van der Waals surface area contributed by atoms with Gasteiger partial charge in [0, 0.05) is 18.4 Å². The molecule has 5 nitrogen and oxygen atoms in total. The topological polar surface area (TPSA) is 51.1 Å². The van der Waals surface area contributed by atoms with E-state index in [0.717, 1.165) is 17.9 Å². The largest absolute Gasteiger partial charge is 0.493 e. The van der Waals surface area contributed by atoms with Crippen LogP contribution in [0.15, 0.2) is 47.5 Å². The minimum Gasteiger partial charge on any atom is -0.493 e. The van der Waals surface area contributed by atoms with Gasteiger partial charge in [-0.15, -0.1) is 11.8 Å². The van der Waals surface area contributed by atoms with Crippen LogP contribution in [-0.4, -0.2) is 42.8 Å². The van der Waals surface area contributed by atoms with E-state index in [0.29, 0.717) is 35.2 Å². The number of aliphatic imine (C=N–C) groups is 1. The van der Waals surface area contributed by atoms with Crippen LogP contribution in [0.25, 0.3) is 0 Å². The highest BCUT2D eigenvalue weighted by atomic mass is 32.2. The lowest BCUT2D eigenvalue weighted by Crippen LogP contribution is -2.27. The molecule has 1 fully saturated rings. The summed E-state index contributed by atoms with van der Waals surface area (Å²) < 4.78 is 11.3. The highest BCUT2D eigenvalue weighted by molar-refractivity contribution is 7.99. The molecule has 1 amide bonds. The molecule has 0 radical (unpaired) electrons. The number of ether oxygens (including phenoxy) is 2. The van der Waals surface area contributed by atoms with Crippen molar-refractivity contribution in [2.45, 2.75) is 6.61 Å². The van der Waals surface area contributed by atoms with Gasteiger partial charge >= 0.3 is 0 Å². The maximum atomic E-state index is 12.7. The van der Waals surface area contributed by atoms with Crippen LogP contribution in [0.1, 0.15) is 15.9 Å². The number of nitrogens with zero attached hydrogens (tertiary/aromatic N) is 2. The average molecular weight is 356 g/mol. The summed E-state index contributed by atoms with van der Waals surface area (Å²) in [5.74, 6) is 2.65. The first-order chi connectivity index (χ1) is 12.2. The molecule has 6 heteroatoms. The number of methoxy groups -OCH3 is 1. The Morgan fingerprint density at radius 3 is 2.72 bits per heavy atom. The number of thioether (sulfide) groups is 1. The van der Waals surface area contributed by atoms with Crippen molar-refractivity contribution in [3.05, 3.63) is 53.6 Å². The Balaban J connectivity index is 1.86. The van der Waals surface area contributed by atoms with E-state index >= 15 is 0 Å². The third-order valence-corrected chi connectivity index (χ3v) is 4.93. The van der Waals surface area contributed by atoms with Gasteiger partial charge in [-0.05, 0) is 18.3 Å². The summed E-state index contributed by atoms with van der Waals surface area (Å²) in [5, 5.41) is 0. The summed E-state index contributed by atoms with van der Waals surface area (Å²) >= 11 is 1.74. The van der Waals surface area contributed by atoms with Crippen LogP contribution in [0.3, 0.4) is 0 Å². The molecule has 1 aliphatic rings. The van der Waals surface area contributed by atoms with Crippen molar-refractivity contribution in [1.82, 2.24) is 4.90 Å². The van der Waals surface area contributed by atoms with E-state index in [9.17, 15) is 4.79 Å². The Labute approximate surface area is 151 Å². The molecule has 1 aliphatic heterocycles. The normalized spacial score (nSPS) is 13.6. The smallest absolute Gasteiger partial charge is 0.256 e. The van der Waals surface area contributed by atoms with Crippen molar-refractivity contribution in [3.63, 3.8) is 0 Å². The minimum absolute atomic E-state index is 0.0553. The minimum atomic E-state index is -0.0553. The molecule has 0 unspecified atom stereocenters. The first kappa shape index (κ1) is 17.4. The molecule has 3 rings (SSSR count). The lowest BCUT2D eigenvalue weighted by Gasteiger charge is -2.18. The lowest BCUT2D eigenvalue weighted by atomic mass is 10.1. The molecule has 25 heavy (non-hydrogen) atoms. The van der Waals surface area contributed by atoms with E-state index in [-0.39, 0.29) is 5.91 Å². The van der Waals surface area contributed by atoms with E-state index in [1.807, 2.05) is 30.3 Å². The van der Waals surface area contributed by atoms with Crippen LogP contribution >= 0.6 is 11.8 Å². The lowest BCUT2D eigenvalue weighted by molar-refractivity contribution is 0.0803. The quantitative estimate of drug-likeness (QED) is 0.740. The molecule has 0 saturated carbocycles. The van der Waals surface area contributed by atoms with Crippen LogP contribution < -0.4 is 9.47 Å². The molecule has 0 spiro atoms. The summed E-state index contributed by atoms with van der Waals surface area (Å²) in [7, 11) is 1.56. The van der Waals surface area contributed by atoms with Crippen molar-refractivity contribution < 1.29 is 14.3 Å². The first-order valence-corrected chi connectivity index (χ1v) is 9.11. The van der Waals surface area contributed by atoms with Crippen LogP contribution in [-0.2, 0) is 6.61 Å². The molecule has 1 saturated heterocycles. The van der Waals surface area contributed by atoms with E-state index in [2.05, 4.69) is 11.7 Å². The van der Waals surface area contributed by atoms with Gasteiger partial charge in [0.25, 0.3) is 5.91 Å². The number of rotatable bonds is 6. The fourth-order valence-electron chi connectivity index (χ4n) is 2.60. The van der Waals surface area contributed by atoms with Crippen LogP contribution in [0.4, 0.5) is 5.69 Å². The summed E-state index contributed by atoms with van der Waals surface area (Å²) in [4.78, 5) is 18.5. The third-order valence-electron chi connectivity index (χ3n) is 3.96. The molecular formula is C19H20N2O3S. The van der Waals surface area contributed by atoms with Gasteiger partial charge in [-0.2, -0.15) is 0 Å². The number of carbonyl (C=O) groups excluding carboxylic acids is 1. The first-order valence-electron chi connectivity index (χ1n) is 7.95. The predicted molar refractivity (Wildman–Crippen MR) is 101 cm³/mol. The zero-order chi connectivity index (χ0) is 17.6. The summed E-state index contributed by atoms with van der Waals surface area (Å²) in [6, 6.07) is 13.3. The van der Waals surface area contributed by atoms with Gasteiger partial charge in [-0.1, -0.05) is 30.3 Å². The molecule has 2 aromatic rings. The number of amides is 1. The van der Waals surface area contributed by atoms with Crippen molar-refractivity contribution in [3.8, 4) is 11.5 Å². The fourth-order valence-corrected chi connectivity index (χ4v) is 3.55. The van der Waals surface area contributed by atoms with Crippen LogP contribution in [0, 0.1) is 0 Å². The number of carbonyl (C=O) groups is 1. The Hall–Kier alpha value is -2.47. The Morgan fingerprint density at radius 2 is 2.08 bits per heavy atom. The van der Waals surface area contributed by atoms with Gasteiger partial charge < -0.3 is 14.4 Å². The fraction of sp³-hybridized carbons (Fsp3) is 0.263. The molecule has 2 aromatic carbocycles. The molecule has 1 heterocycles.